The summed E-state index contributed by atoms with van der Waals surface area (Å²) in [4.78, 5) is 27.6. The number of nitrogens with zero attached hydrogens (tertiary/aromatic N) is 1. The van der Waals surface area contributed by atoms with Crippen LogP contribution >= 0.6 is 12.4 Å². The van der Waals surface area contributed by atoms with Crippen molar-refractivity contribution in [1.82, 2.24) is 10.3 Å². The Labute approximate surface area is 153 Å². The van der Waals surface area contributed by atoms with Gasteiger partial charge in [-0.1, -0.05) is 26.0 Å². The second-order valence-electron chi connectivity index (χ2n) is 5.88. The van der Waals surface area contributed by atoms with E-state index in [1.165, 1.54) is 6.20 Å². The summed E-state index contributed by atoms with van der Waals surface area (Å²) in [6.45, 7) is 4.11. The van der Waals surface area contributed by atoms with Gasteiger partial charge in [0.25, 0.3) is 0 Å². The van der Waals surface area contributed by atoms with Gasteiger partial charge in [-0.2, -0.15) is 0 Å². The van der Waals surface area contributed by atoms with E-state index in [-0.39, 0.29) is 36.6 Å². The molecule has 0 radical (unpaired) electrons. The van der Waals surface area contributed by atoms with Gasteiger partial charge in [0.2, 0.25) is 11.8 Å². The first-order valence-electron chi connectivity index (χ1n) is 7.81. The van der Waals surface area contributed by atoms with Crippen molar-refractivity contribution in [2.45, 2.75) is 26.8 Å². The van der Waals surface area contributed by atoms with E-state index in [9.17, 15) is 9.59 Å². The molecule has 4 N–H and O–H groups in total. The first-order valence-corrected chi connectivity index (χ1v) is 7.81. The van der Waals surface area contributed by atoms with Crippen LogP contribution in [0.5, 0.6) is 0 Å². The molecule has 0 aliphatic rings. The molecule has 2 amide bonds. The maximum absolute atomic E-state index is 11.9. The smallest absolute Gasteiger partial charge is 0.226 e. The molecule has 1 heterocycles. The van der Waals surface area contributed by atoms with Crippen molar-refractivity contribution in [3.8, 4) is 0 Å². The fourth-order valence-corrected chi connectivity index (χ4v) is 1.96. The number of hydrogen-bond acceptors (Lipinski definition) is 4. The quantitative estimate of drug-likeness (QED) is 0.735. The van der Waals surface area contributed by atoms with Crippen LogP contribution in [-0.4, -0.2) is 16.8 Å². The van der Waals surface area contributed by atoms with E-state index in [1.54, 1.807) is 12.1 Å². The van der Waals surface area contributed by atoms with Crippen molar-refractivity contribution in [1.29, 1.82) is 0 Å². The molecule has 0 unspecified atom stereocenters. The molecule has 134 valence electrons. The van der Waals surface area contributed by atoms with E-state index in [0.29, 0.717) is 17.9 Å². The summed E-state index contributed by atoms with van der Waals surface area (Å²) in [7, 11) is 0. The highest BCUT2D eigenvalue weighted by molar-refractivity contribution is 5.92. The minimum absolute atomic E-state index is 0. The lowest BCUT2D eigenvalue weighted by atomic mass is 10.1. The number of nitrogens with one attached hydrogen (secondary N) is 2. The van der Waals surface area contributed by atoms with Crippen LogP contribution in [0.1, 0.15) is 25.1 Å². The number of nitrogens with two attached hydrogens (primary N) is 1. The van der Waals surface area contributed by atoms with Gasteiger partial charge in [-0.05, 0) is 29.8 Å². The number of anilines is 2. The zero-order valence-electron chi connectivity index (χ0n) is 14.3. The molecule has 1 aromatic heterocycles. The summed E-state index contributed by atoms with van der Waals surface area (Å²) in [6.07, 6.45) is 1.75. The number of amides is 2. The lowest BCUT2D eigenvalue weighted by Gasteiger charge is -2.09. The van der Waals surface area contributed by atoms with Gasteiger partial charge in [0.15, 0.2) is 0 Å². The number of aromatic nitrogens is 1. The highest BCUT2D eigenvalue weighted by atomic mass is 35.5. The Kier molecular flexibility index (Phi) is 7.88. The summed E-state index contributed by atoms with van der Waals surface area (Å²) in [5.41, 5.74) is 8.51. The van der Waals surface area contributed by atoms with Crippen LogP contribution in [0.2, 0.25) is 0 Å². The zero-order valence-corrected chi connectivity index (χ0v) is 15.1. The summed E-state index contributed by atoms with van der Waals surface area (Å²) < 4.78 is 0. The van der Waals surface area contributed by atoms with Gasteiger partial charge < -0.3 is 16.4 Å². The van der Waals surface area contributed by atoms with E-state index in [4.69, 9.17) is 5.73 Å². The van der Waals surface area contributed by atoms with Crippen molar-refractivity contribution < 1.29 is 9.59 Å². The molecular formula is C18H23ClN4O2. The molecular weight excluding hydrogens is 340 g/mol. The standard InChI is InChI=1S/C18H22N4O2.ClH/c1-12(2)18(24)22-15-6-3-13(4-7-15)10-21-17(23)9-16-8-5-14(19)11-20-16;/h3-8,11-12H,9-10,19H2,1-2H3,(H,21,23)(H,22,24);1H. The van der Waals surface area contributed by atoms with Crippen LogP contribution in [-0.2, 0) is 22.6 Å². The van der Waals surface area contributed by atoms with Crippen molar-refractivity contribution >= 4 is 35.6 Å². The topological polar surface area (TPSA) is 97.1 Å². The van der Waals surface area contributed by atoms with Gasteiger partial charge in [0, 0.05) is 23.8 Å². The predicted octanol–water partition coefficient (Wildman–Crippen LogP) is 2.54. The lowest BCUT2D eigenvalue weighted by molar-refractivity contribution is -0.120. The first-order chi connectivity index (χ1) is 11.4. The molecule has 0 bridgehead atoms. The summed E-state index contributed by atoms with van der Waals surface area (Å²) in [5, 5.41) is 5.67. The molecule has 6 nitrogen and oxygen atoms in total. The number of halogens is 1. The highest BCUT2D eigenvalue weighted by Crippen LogP contribution is 2.11. The maximum atomic E-state index is 11.9. The number of pyridine rings is 1. The Hall–Kier alpha value is -2.60. The van der Waals surface area contributed by atoms with Crippen molar-refractivity contribution in [3.05, 3.63) is 53.9 Å². The molecule has 0 atom stereocenters. The second-order valence-corrected chi connectivity index (χ2v) is 5.88. The van der Waals surface area contributed by atoms with E-state index in [1.807, 2.05) is 38.1 Å². The van der Waals surface area contributed by atoms with Crippen LogP contribution in [0.25, 0.3) is 0 Å². The van der Waals surface area contributed by atoms with Crippen molar-refractivity contribution in [3.63, 3.8) is 0 Å². The number of nitrogen functional groups attached to an aromatic ring is 1. The Morgan fingerprint density at radius 1 is 1.12 bits per heavy atom. The number of rotatable bonds is 6. The maximum Gasteiger partial charge on any atom is 0.226 e. The Balaban J connectivity index is 0.00000312. The summed E-state index contributed by atoms with van der Waals surface area (Å²) in [5.74, 6) is -0.192. The molecule has 7 heteroatoms. The molecule has 0 aliphatic heterocycles. The zero-order chi connectivity index (χ0) is 17.5. The van der Waals surface area contributed by atoms with E-state index >= 15 is 0 Å². The fraction of sp³-hybridized carbons (Fsp3) is 0.278. The SMILES string of the molecule is CC(C)C(=O)Nc1ccc(CNC(=O)Cc2ccc(N)cn2)cc1.Cl. The number of carbonyl (C=O) groups excluding carboxylic acids is 2. The van der Waals surface area contributed by atoms with Gasteiger partial charge in [-0.15, -0.1) is 12.4 Å². The highest BCUT2D eigenvalue weighted by Gasteiger charge is 2.07. The summed E-state index contributed by atoms with van der Waals surface area (Å²) >= 11 is 0. The third-order valence-electron chi connectivity index (χ3n) is 3.42. The molecule has 25 heavy (non-hydrogen) atoms. The molecule has 0 spiro atoms. The molecule has 0 saturated heterocycles. The number of carbonyl (C=O) groups is 2. The third kappa shape index (κ3) is 6.81. The van der Waals surface area contributed by atoms with E-state index in [2.05, 4.69) is 15.6 Å². The van der Waals surface area contributed by atoms with Gasteiger partial charge in [-0.25, -0.2) is 0 Å². The molecule has 0 aliphatic carbocycles. The normalized spacial score (nSPS) is 10.0. The lowest BCUT2D eigenvalue weighted by Crippen LogP contribution is -2.25. The van der Waals surface area contributed by atoms with Crippen LogP contribution in [0.3, 0.4) is 0 Å². The molecule has 0 saturated carbocycles. The molecule has 0 fully saturated rings. The van der Waals surface area contributed by atoms with Gasteiger partial charge in [0.05, 0.1) is 18.3 Å². The average Bonchev–Trinajstić information content (AvgIpc) is 2.56. The molecule has 1 aromatic carbocycles. The van der Waals surface area contributed by atoms with Crippen LogP contribution in [0.4, 0.5) is 11.4 Å². The fourth-order valence-electron chi connectivity index (χ4n) is 1.96. The molecule has 2 aromatic rings. The minimum atomic E-state index is -0.107. The third-order valence-corrected chi connectivity index (χ3v) is 3.42. The van der Waals surface area contributed by atoms with E-state index in [0.717, 1.165) is 11.3 Å². The van der Waals surface area contributed by atoms with Crippen molar-refractivity contribution in [2.75, 3.05) is 11.1 Å². The van der Waals surface area contributed by atoms with E-state index < -0.39 is 0 Å². The van der Waals surface area contributed by atoms with Crippen LogP contribution in [0, 0.1) is 5.92 Å². The Morgan fingerprint density at radius 3 is 2.36 bits per heavy atom. The minimum Gasteiger partial charge on any atom is -0.397 e. The monoisotopic (exact) mass is 362 g/mol. The Bertz CT molecular complexity index is 700. The molecule has 2 rings (SSSR count). The van der Waals surface area contributed by atoms with Crippen LogP contribution in [0.15, 0.2) is 42.6 Å². The van der Waals surface area contributed by atoms with Gasteiger partial charge >= 0.3 is 0 Å². The first kappa shape index (κ1) is 20.4. The second kappa shape index (κ2) is 9.64. The van der Waals surface area contributed by atoms with Gasteiger partial charge in [-0.3, -0.25) is 14.6 Å². The van der Waals surface area contributed by atoms with Crippen LogP contribution < -0.4 is 16.4 Å². The largest absolute Gasteiger partial charge is 0.397 e. The number of hydrogen-bond donors (Lipinski definition) is 3. The summed E-state index contributed by atoms with van der Waals surface area (Å²) in [6, 6.07) is 10.9. The predicted molar refractivity (Wildman–Crippen MR) is 101 cm³/mol. The van der Waals surface area contributed by atoms with Crippen molar-refractivity contribution in [2.24, 2.45) is 5.92 Å². The average molecular weight is 363 g/mol. The number of benzene rings is 1. The van der Waals surface area contributed by atoms with Gasteiger partial charge in [0.1, 0.15) is 0 Å². The Morgan fingerprint density at radius 2 is 1.80 bits per heavy atom.